The zero-order valence-electron chi connectivity index (χ0n) is 10.6. The van der Waals surface area contributed by atoms with Crippen LogP contribution >= 0.6 is 0 Å². The van der Waals surface area contributed by atoms with Crippen molar-refractivity contribution < 1.29 is 9.53 Å². The van der Waals surface area contributed by atoms with Gasteiger partial charge in [0, 0.05) is 18.7 Å². The SMILES string of the molecule is COc1ccc(C(=O)/C=N/N2CCCCC2)cc1. The number of ketones is 1. The van der Waals surface area contributed by atoms with Gasteiger partial charge in [-0.05, 0) is 43.5 Å². The summed E-state index contributed by atoms with van der Waals surface area (Å²) in [5, 5.41) is 6.19. The zero-order chi connectivity index (χ0) is 12.8. The third-order valence-electron chi connectivity index (χ3n) is 3.05. The number of piperidine rings is 1. The van der Waals surface area contributed by atoms with E-state index in [-0.39, 0.29) is 5.78 Å². The maximum Gasteiger partial charge on any atom is 0.205 e. The van der Waals surface area contributed by atoms with Crippen LogP contribution < -0.4 is 4.74 Å². The van der Waals surface area contributed by atoms with Crippen molar-refractivity contribution in [2.45, 2.75) is 19.3 Å². The molecule has 0 amide bonds. The molecule has 0 aliphatic carbocycles. The third-order valence-corrected chi connectivity index (χ3v) is 3.05. The lowest BCUT2D eigenvalue weighted by atomic mass is 10.1. The van der Waals surface area contributed by atoms with Crippen LogP contribution in [0.15, 0.2) is 29.4 Å². The van der Waals surface area contributed by atoms with Crippen molar-refractivity contribution in [3.05, 3.63) is 29.8 Å². The van der Waals surface area contributed by atoms with E-state index in [0.717, 1.165) is 31.7 Å². The number of rotatable bonds is 4. The van der Waals surface area contributed by atoms with Gasteiger partial charge < -0.3 is 4.74 Å². The Morgan fingerprint density at radius 3 is 2.50 bits per heavy atom. The Labute approximate surface area is 107 Å². The summed E-state index contributed by atoms with van der Waals surface area (Å²) < 4.78 is 5.05. The lowest BCUT2D eigenvalue weighted by Crippen LogP contribution is -2.25. The molecular formula is C14H18N2O2. The molecule has 1 aromatic rings. The van der Waals surface area contributed by atoms with Crippen molar-refractivity contribution in [3.8, 4) is 5.75 Å². The first-order valence-corrected chi connectivity index (χ1v) is 6.27. The first kappa shape index (κ1) is 12.6. The summed E-state index contributed by atoms with van der Waals surface area (Å²) in [6.45, 7) is 1.90. The zero-order valence-corrected chi connectivity index (χ0v) is 10.6. The van der Waals surface area contributed by atoms with E-state index in [1.807, 2.05) is 5.01 Å². The van der Waals surface area contributed by atoms with Crippen LogP contribution in [0.3, 0.4) is 0 Å². The summed E-state index contributed by atoms with van der Waals surface area (Å²) in [6, 6.07) is 7.07. The van der Waals surface area contributed by atoms with Gasteiger partial charge >= 0.3 is 0 Å². The number of Topliss-reactive ketones (excluding diaryl/α,β-unsaturated/α-hetero) is 1. The molecular weight excluding hydrogens is 228 g/mol. The Balaban J connectivity index is 1.95. The highest BCUT2D eigenvalue weighted by molar-refractivity contribution is 6.35. The van der Waals surface area contributed by atoms with Gasteiger partial charge in [-0.15, -0.1) is 0 Å². The Morgan fingerprint density at radius 1 is 1.22 bits per heavy atom. The Morgan fingerprint density at radius 2 is 1.89 bits per heavy atom. The first-order valence-electron chi connectivity index (χ1n) is 6.27. The fourth-order valence-corrected chi connectivity index (χ4v) is 1.96. The van der Waals surface area contributed by atoms with E-state index >= 15 is 0 Å². The molecule has 0 saturated carbocycles. The van der Waals surface area contributed by atoms with Crippen LogP contribution in [0.2, 0.25) is 0 Å². The molecule has 1 heterocycles. The largest absolute Gasteiger partial charge is 0.497 e. The second-order valence-corrected chi connectivity index (χ2v) is 4.35. The number of methoxy groups -OCH3 is 1. The van der Waals surface area contributed by atoms with Crippen LogP contribution in [0.1, 0.15) is 29.6 Å². The number of benzene rings is 1. The average Bonchev–Trinajstić information content (AvgIpc) is 2.46. The minimum atomic E-state index is -0.0665. The molecule has 0 bridgehead atoms. The summed E-state index contributed by atoms with van der Waals surface area (Å²) in [7, 11) is 1.61. The molecule has 0 spiro atoms. The summed E-state index contributed by atoms with van der Waals surface area (Å²) in [6.07, 6.45) is 4.99. The molecule has 1 aromatic carbocycles. The highest BCUT2D eigenvalue weighted by Crippen LogP contribution is 2.12. The fourth-order valence-electron chi connectivity index (χ4n) is 1.96. The number of hydrazone groups is 1. The summed E-state index contributed by atoms with van der Waals surface area (Å²) >= 11 is 0. The van der Waals surface area contributed by atoms with Crippen LogP contribution in [0.25, 0.3) is 0 Å². The Bertz CT molecular complexity index is 420. The molecule has 96 valence electrons. The molecule has 0 aromatic heterocycles. The van der Waals surface area contributed by atoms with Crippen molar-refractivity contribution >= 4 is 12.0 Å². The summed E-state index contributed by atoms with van der Waals surface area (Å²) in [4.78, 5) is 11.9. The molecule has 4 nitrogen and oxygen atoms in total. The highest BCUT2D eigenvalue weighted by Gasteiger charge is 2.08. The van der Waals surface area contributed by atoms with Crippen molar-refractivity contribution in [2.75, 3.05) is 20.2 Å². The smallest absolute Gasteiger partial charge is 0.205 e. The van der Waals surface area contributed by atoms with Crippen molar-refractivity contribution in [2.24, 2.45) is 5.10 Å². The number of carbonyl (C=O) groups is 1. The van der Waals surface area contributed by atoms with Crippen molar-refractivity contribution in [1.29, 1.82) is 0 Å². The van der Waals surface area contributed by atoms with Crippen LogP contribution in [0, 0.1) is 0 Å². The van der Waals surface area contributed by atoms with Gasteiger partial charge in [-0.3, -0.25) is 9.80 Å². The van der Waals surface area contributed by atoms with Crippen LogP contribution in [-0.4, -0.2) is 37.2 Å². The number of ether oxygens (including phenoxy) is 1. The van der Waals surface area contributed by atoms with E-state index in [1.54, 1.807) is 31.4 Å². The highest BCUT2D eigenvalue weighted by atomic mass is 16.5. The van der Waals surface area contributed by atoms with E-state index in [9.17, 15) is 4.79 Å². The number of carbonyl (C=O) groups excluding carboxylic acids is 1. The molecule has 1 saturated heterocycles. The van der Waals surface area contributed by atoms with Crippen LogP contribution in [-0.2, 0) is 0 Å². The van der Waals surface area contributed by atoms with Crippen LogP contribution in [0.5, 0.6) is 5.75 Å². The van der Waals surface area contributed by atoms with Gasteiger partial charge in [0.05, 0.1) is 13.3 Å². The third kappa shape index (κ3) is 3.32. The lowest BCUT2D eigenvalue weighted by molar-refractivity contribution is 0.106. The molecule has 0 radical (unpaired) electrons. The molecule has 1 fully saturated rings. The first-order chi connectivity index (χ1) is 8.79. The van der Waals surface area contributed by atoms with Gasteiger partial charge in [0.2, 0.25) is 5.78 Å². The van der Waals surface area contributed by atoms with Gasteiger partial charge in [0.1, 0.15) is 5.75 Å². The van der Waals surface area contributed by atoms with E-state index in [1.165, 1.54) is 12.6 Å². The number of nitrogens with zero attached hydrogens (tertiary/aromatic N) is 2. The molecule has 4 heteroatoms. The topological polar surface area (TPSA) is 41.9 Å². The van der Waals surface area contributed by atoms with Crippen LogP contribution in [0.4, 0.5) is 0 Å². The molecule has 1 aliphatic heterocycles. The summed E-state index contributed by atoms with van der Waals surface area (Å²) in [5.74, 6) is 0.683. The molecule has 0 unspecified atom stereocenters. The Hall–Kier alpha value is -1.84. The molecule has 2 rings (SSSR count). The molecule has 1 aliphatic rings. The molecule has 0 N–H and O–H groups in total. The van der Waals surface area contributed by atoms with E-state index < -0.39 is 0 Å². The second-order valence-electron chi connectivity index (χ2n) is 4.35. The quantitative estimate of drug-likeness (QED) is 0.605. The normalized spacial score (nSPS) is 15.9. The maximum atomic E-state index is 11.9. The van der Waals surface area contributed by atoms with Gasteiger partial charge in [-0.25, -0.2) is 0 Å². The van der Waals surface area contributed by atoms with Crippen molar-refractivity contribution in [3.63, 3.8) is 0 Å². The standard InChI is InChI=1S/C14H18N2O2/c1-18-13-7-5-12(6-8-13)14(17)11-15-16-9-3-2-4-10-16/h5-8,11H,2-4,9-10H2,1H3/b15-11+. The average molecular weight is 246 g/mol. The number of hydrogen-bond donors (Lipinski definition) is 0. The monoisotopic (exact) mass is 246 g/mol. The van der Waals surface area contributed by atoms with Gasteiger partial charge in [-0.1, -0.05) is 0 Å². The van der Waals surface area contributed by atoms with E-state index in [2.05, 4.69) is 5.10 Å². The molecule has 18 heavy (non-hydrogen) atoms. The van der Waals surface area contributed by atoms with Gasteiger partial charge in [0.15, 0.2) is 0 Å². The second kappa shape index (κ2) is 6.19. The summed E-state index contributed by atoms with van der Waals surface area (Å²) in [5.41, 5.74) is 0.636. The number of hydrogen-bond acceptors (Lipinski definition) is 4. The van der Waals surface area contributed by atoms with E-state index in [0.29, 0.717) is 5.56 Å². The predicted octanol–water partition coefficient (Wildman–Crippen LogP) is 2.35. The molecule has 0 atom stereocenters. The predicted molar refractivity (Wildman–Crippen MR) is 71.2 cm³/mol. The van der Waals surface area contributed by atoms with Gasteiger partial charge in [0.25, 0.3) is 0 Å². The minimum Gasteiger partial charge on any atom is -0.497 e. The van der Waals surface area contributed by atoms with E-state index in [4.69, 9.17) is 4.74 Å². The Kier molecular flexibility index (Phi) is 4.34. The fraction of sp³-hybridized carbons (Fsp3) is 0.429. The lowest BCUT2D eigenvalue weighted by Gasteiger charge is -2.22. The minimum absolute atomic E-state index is 0.0665. The maximum absolute atomic E-state index is 11.9. The van der Waals surface area contributed by atoms with Crippen molar-refractivity contribution in [1.82, 2.24) is 5.01 Å². The van der Waals surface area contributed by atoms with Gasteiger partial charge in [-0.2, -0.15) is 5.10 Å².